The standard InChI is InChI=1S/C28H24ClN3O2S/c1-19-6-5-9-21(16-19)17-25-27(34)32(23-12-10-22(29)11-13-23)28(35-25)24(18-30)26(33)31-15-14-20-7-3-2-4-8-20/h2-13,16,25H,14-15,17H2,1H3,(H,31,33). The summed E-state index contributed by atoms with van der Waals surface area (Å²) in [6, 6.07) is 26.7. The lowest BCUT2D eigenvalue weighted by Gasteiger charge is -2.19. The first-order chi connectivity index (χ1) is 17.0. The number of rotatable bonds is 7. The van der Waals surface area contributed by atoms with E-state index in [1.165, 1.54) is 16.7 Å². The first kappa shape index (κ1) is 24.6. The molecule has 0 bridgehead atoms. The van der Waals surface area contributed by atoms with Gasteiger partial charge in [-0.2, -0.15) is 5.26 Å². The Hall–Kier alpha value is -3.53. The van der Waals surface area contributed by atoms with Gasteiger partial charge in [-0.1, -0.05) is 83.5 Å². The Kier molecular flexibility index (Phi) is 7.91. The van der Waals surface area contributed by atoms with Gasteiger partial charge < -0.3 is 5.32 Å². The Balaban J connectivity index is 1.62. The summed E-state index contributed by atoms with van der Waals surface area (Å²) in [6.45, 7) is 2.39. The molecule has 7 heteroatoms. The fourth-order valence-corrected chi connectivity index (χ4v) is 5.35. The minimum atomic E-state index is -0.492. The van der Waals surface area contributed by atoms with E-state index in [0.29, 0.717) is 35.1 Å². The predicted octanol–water partition coefficient (Wildman–Crippen LogP) is 5.43. The van der Waals surface area contributed by atoms with Crippen LogP contribution in [0.25, 0.3) is 0 Å². The third-order valence-corrected chi connectivity index (χ3v) is 7.15. The molecule has 35 heavy (non-hydrogen) atoms. The highest BCUT2D eigenvalue weighted by molar-refractivity contribution is 8.05. The molecule has 1 fully saturated rings. The molecule has 0 aromatic heterocycles. The van der Waals surface area contributed by atoms with Crippen LogP contribution in [0.15, 0.2) is 89.5 Å². The van der Waals surface area contributed by atoms with E-state index >= 15 is 0 Å². The SMILES string of the molecule is Cc1cccc(CC2SC(=C(C#N)C(=O)NCCc3ccccc3)N(c3ccc(Cl)cc3)C2=O)c1. The molecule has 0 spiro atoms. The van der Waals surface area contributed by atoms with Gasteiger partial charge in [0.15, 0.2) is 0 Å². The first-order valence-electron chi connectivity index (χ1n) is 11.2. The number of hydrogen-bond donors (Lipinski definition) is 1. The van der Waals surface area contributed by atoms with Gasteiger partial charge in [0.1, 0.15) is 16.7 Å². The largest absolute Gasteiger partial charge is 0.351 e. The number of carbonyl (C=O) groups excluding carboxylic acids is 2. The van der Waals surface area contributed by atoms with E-state index in [2.05, 4.69) is 5.32 Å². The number of amides is 2. The maximum absolute atomic E-state index is 13.5. The van der Waals surface area contributed by atoms with E-state index in [-0.39, 0.29) is 11.5 Å². The van der Waals surface area contributed by atoms with Crippen LogP contribution in [0.3, 0.4) is 0 Å². The van der Waals surface area contributed by atoms with Crippen LogP contribution in [0.2, 0.25) is 5.02 Å². The van der Waals surface area contributed by atoms with Crippen molar-refractivity contribution < 1.29 is 9.59 Å². The zero-order valence-corrected chi connectivity index (χ0v) is 20.8. The molecule has 3 aromatic carbocycles. The van der Waals surface area contributed by atoms with E-state index in [9.17, 15) is 14.9 Å². The topological polar surface area (TPSA) is 73.2 Å². The minimum absolute atomic E-state index is 0.0712. The van der Waals surface area contributed by atoms with Crippen LogP contribution < -0.4 is 10.2 Å². The maximum atomic E-state index is 13.5. The zero-order valence-electron chi connectivity index (χ0n) is 19.2. The van der Waals surface area contributed by atoms with Crippen LogP contribution in [-0.2, 0) is 22.4 Å². The van der Waals surface area contributed by atoms with Crippen LogP contribution >= 0.6 is 23.4 Å². The molecule has 176 valence electrons. The van der Waals surface area contributed by atoms with Crippen LogP contribution in [0, 0.1) is 18.3 Å². The molecular formula is C28H24ClN3O2S. The van der Waals surface area contributed by atoms with E-state index < -0.39 is 11.2 Å². The van der Waals surface area contributed by atoms with Crippen molar-refractivity contribution in [3.05, 3.63) is 111 Å². The van der Waals surface area contributed by atoms with Gasteiger partial charge in [-0.05, 0) is 55.2 Å². The average molecular weight is 502 g/mol. The van der Waals surface area contributed by atoms with Crippen molar-refractivity contribution in [2.45, 2.75) is 25.0 Å². The third kappa shape index (κ3) is 5.94. The summed E-state index contributed by atoms with van der Waals surface area (Å²) in [4.78, 5) is 28.0. The number of nitrogens with zero attached hydrogens (tertiary/aromatic N) is 2. The molecule has 5 nitrogen and oxygen atoms in total. The summed E-state index contributed by atoms with van der Waals surface area (Å²) in [7, 11) is 0. The Labute approximate surface area is 214 Å². The number of anilines is 1. The third-order valence-electron chi connectivity index (χ3n) is 5.64. The van der Waals surface area contributed by atoms with Crippen LogP contribution in [0.1, 0.15) is 16.7 Å². The molecule has 1 N–H and O–H groups in total. The fourth-order valence-electron chi connectivity index (χ4n) is 3.92. The van der Waals surface area contributed by atoms with Crippen LogP contribution in [0.5, 0.6) is 0 Å². The number of benzene rings is 3. The van der Waals surface area contributed by atoms with E-state index in [0.717, 1.165) is 16.7 Å². The summed E-state index contributed by atoms with van der Waals surface area (Å²) in [6.07, 6.45) is 1.14. The molecule has 1 atom stereocenters. The molecule has 4 rings (SSSR count). The Morgan fingerprint density at radius 2 is 1.77 bits per heavy atom. The van der Waals surface area contributed by atoms with Gasteiger partial charge >= 0.3 is 0 Å². The maximum Gasteiger partial charge on any atom is 0.264 e. The normalized spacial score (nSPS) is 16.7. The van der Waals surface area contributed by atoms with E-state index in [4.69, 9.17) is 11.6 Å². The van der Waals surface area contributed by atoms with Gasteiger partial charge in [0, 0.05) is 17.3 Å². The lowest BCUT2D eigenvalue weighted by molar-refractivity contribution is -0.117. The molecule has 1 aliphatic heterocycles. The molecule has 0 saturated carbocycles. The molecule has 1 heterocycles. The van der Waals surface area contributed by atoms with Gasteiger partial charge in [-0.25, -0.2) is 0 Å². The molecule has 1 unspecified atom stereocenters. The highest BCUT2D eigenvalue weighted by Crippen LogP contribution is 2.42. The molecule has 0 radical (unpaired) electrons. The van der Waals surface area contributed by atoms with Crippen molar-refractivity contribution >= 4 is 40.9 Å². The summed E-state index contributed by atoms with van der Waals surface area (Å²) < 4.78 is 0. The number of aryl methyl sites for hydroxylation is 1. The van der Waals surface area contributed by atoms with E-state index in [1.54, 1.807) is 24.3 Å². The van der Waals surface area contributed by atoms with Crippen LogP contribution in [0.4, 0.5) is 5.69 Å². The van der Waals surface area contributed by atoms with Crippen molar-refractivity contribution in [3.63, 3.8) is 0 Å². The fraction of sp³-hybridized carbons (Fsp3) is 0.179. The summed E-state index contributed by atoms with van der Waals surface area (Å²) in [5.41, 5.74) is 3.72. The van der Waals surface area contributed by atoms with Crippen molar-refractivity contribution in [3.8, 4) is 6.07 Å². The van der Waals surface area contributed by atoms with Crippen molar-refractivity contribution in [1.29, 1.82) is 5.26 Å². The second-order valence-electron chi connectivity index (χ2n) is 8.23. The number of halogens is 1. The zero-order chi connectivity index (χ0) is 24.8. The predicted molar refractivity (Wildman–Crippen MR) is 141 cm³/mol. The highest BCUT2D eigenvalue weighted by atomic mass is 35.5. The van der Waals surface area contributed by atoms with Crippen molar-refractivity contribution in [2.24, 2.45) is 0 Å². The second-order valence-corrected chi connectivity index (χ2v) is 9.86. The number of carbonyl (C=O) groups is 2. The van der Waals surface area contributed by atoms with Gasteiger partial charge in [0.05, 0.1) is 5.25 Å². The molecule has 1 saturated heterocycles. The Bertz CT molecular complexity index is 1300. The molecular weight excluding hydrogens is 478 g/mol. The highest BCUT2D eigenvalue weighted by Gasteiger charge is 2.40. The first-order valence-corrected chi connectivity index (χ1v) is 12.5. The molecule has 2 amide bonds. The number of nitriles is 1. The molecule has 1 aliphatic rings. The van der Waals surface area contributed by atoms with Crippen LogP contribution in [-0.4, -0.2) is 23.6 Å². The summed E-state index contributed by atoms with van der Waals surface area (Å²) in [5, 5.41) is 13.2. The number of hydrogen-bond acceptors (Lipinski definition) is 4. The van der Waals surface area contributed by atoms with Gasteiger partial charge in [-0.15, -0.1) is 0 Å². The van der Waals surface area contributed by atoms with Crippen molar-refractivity contribution in [2.75, 3.05) is 11.4 Å². The smallest absolute Gasteiger partial charge is 0.264 e. The molecule has 3 aromatic rings. The second kappa shape index (κ2) is 11.3. The Morgan fingerprint density at radius 1 is 1.06 bits per heavy atom. The number of nitrogens with one attached hydrogen (secondary N) is 1. The van der Waals surface area contributed by atoms with Gasteiger partial charge in [0.2, 0.25) is 5.91 Å². The summed E-state index contributed by atoms with van der Waals surface area (Å²) >= 11 is 7.31. The lowest BCUT2D eigenvalue weighted by atomic mass is 10.1. The van der Waals surface area contributed by atoms with E-state index in [1.807, 2.05) is 67.6 Å². The average Bonchev–Trinajstić information content (AvgIpc) is 3.16. The van der Waals surface area contributed by atoms with Gasteiger partial charge in [0.25, 0.3) is 5.91 Å². The monoisotopic (exact) mass is 501 g/mol. The van der Waals surface area contributed by atoms with Crippen molar-refractivity contribution in [1.82, 2.24) is 5.32 Å². The minimum Gasteiger partial charge on any atom is -0.351 e. The Morgan fingerprint density at radius 3 is 2.46 bits per heavy atom. The quantitative estimate of drug-likeness (QED) is 0.346. The number of thioether (sulfide) groups is 1. The van der Waals surface area contributed by atoms with Gasteiger partial charge in [-0.3, -0.25) is 14.5 Å². The summed E-state index contributed by atoms with van der Waals surface area (Å²) in [5.74, 6) is -0.660. The lowest BCUT2D eigenvalue weighted by Crippen LogP contribution is -2.32. The molecule has 0 aliphatic carbocycles.